The summed E-state index contributed by atoms with van der Waals surface area (Å²) in [5, 5.41) is 29.6. The van der Waals surface area contributed by atoms with Crippen molar-refractivity contribution in [3.05, 3.63) is 39.9 Å². The van der Waals surface area contributed by atoms with E-state index in [1.807, 2.05) is 0 Å². The second-order valence-electron chi connectivity index (χ2n) is 3.49. The van der Waals surface area contributed by atoms with Gasteiger partial charge in [0.25, 0.3) is 5.69 Å². The van der Waals surface area contributed by atoms with E-state index >= 15 is 0 Å². The number of ether oxygens (including phenoxy) is 1. The summed E-state index contributed by atoms with van der Waals surface area (Å²) in [6.07, 6.45) is -3.20. The van der Waals surface area contributed by atoms with Crippen LogP contribution >= 0.6 is 0 Å². The van der Waals surface area contributed by atoms with E-state index in [0.29, 0.717) is 0 Å². The van der Waals surface area contributed by atoms with Gasteiger partial charge in [-0.3, -0.25) is 10.1 Å². The maximum atomic E-state index is 11.2. The van der Waals surface area contributed by atoms with E-state index in [2.05, 4.69) is 4.74 Å². The number of benzene rings is 1. The van der Waals surface area contributed by atoms with Gasteiger partial charge in [-0.1, -0.05) is 0 Å². The molecule has 0 heterocycles. The van der Waals surface area contributed by atoms with Crippen LogP contribution in [0.5, 0.6) is 0 Å². The average Bonchev–Trinajstić information content (AvgIpc) is 2.37. The maximum absolute atomic E-state index is 11.2. The Morgan fingerprint density at radius 3 is 2.39 bits per heavy atom. The van der Waals surface area contributed by atoms with Crippen LogP contribution in [0, 0.1) is 10.1 Å². The number of hydrogen-bond donors (Lipinski definition) is 2. The summed E-state index contributed by atoms with van der Waals surface area (Å²) in [7, 11) is 0. The first kappa shape index (κ1) is 14.1. The molecule has 1 aromatic rings. The maximum Gasteiger partial charge on any atom is 0.338 e. The number of rotatable bonds is 5. The van der Waals surface area contributed by atoms with Gasteiger partial charge in [-0.05, 0) is 24.6 Å². The third kappa shape index (κ3) is 3.25. The molecule has 18 heavy (non-hydrogen) atoms. The van der Waals surface area contributed by atoms with Crippen molar-refractivity contribution in [2.24, 2.45) is 0 Å². The number of carbonyl (C=O) groups excluding carboxylic acids is 1. The van der Waals surface area contributed by atoms with E-state index in [-0.39, 0.29) is 17.9 Å². The molecule has 0 aliphatic heterocycles. The highest BCUT2D eigenvalue weighted by atomic mass is 16.6. The Kier molecular flexibility index (Phi) is 4.75. The Bertz CT molecular complexity index is 430. The van der Waals surface area contributed by atoms with Crippen LogP contribution in [0.25, 0.3) is 0 Å². The van der Waals surface area contributed by atoms with Crippen molar-refractivity contribution in [1.29, 1.82) is 0 Å². The van der Waals surface area contributed by atoms with Gasteiger partial charge in [0, 0.05) is 12.1 Å². The largest absolute Gasteiger partial charge is 0.464 e. The Hall–Kier alpha value is -1.99. The zero-order valence-corrected chi connectivity index (χ0v) is 9.65. The van der Waals surface area contributed by atoms with E-state index in [1.165, 1.54) is 24.3 Å². The van der Waals surface area contributed by atoms with Gasteiger partial charge in [0.05, 0.1) is 11.5 Å². The number of nitro groups is 1. The normalized spacial score (nSPS) is 13.7. The molecule has 0 radical (unpaired) electrons. The highest BCUT2D eigenvalue weighted by Crippen LogP contribution is 2.20. The summed E-state index contributed by atoms with van der Waals surface area (Å²) >= 11 is 0. The molecule has 1 rings (SSSR count). The molecule has 7 heteroatoms. The zero-order valence-electron chi connectivity index (χ0n) is 9.65. The topological polar surface area (TPSA) is 110 Å². The molecule has 2 N–H and O–H groups in total. The fourth-order valence-corrected chi connectivity index (χ4v) is 1.33. The van der Waals surface area contributed by atoms with Gasteiger partial charge in [-0.25, -0.2) is 4.79 Å². The molecule has 1 aromatic carbocycles. The van der Waals surface area contributed by atoms with Crippen LogP contribution in [-0.4, -0.2) is 33.8 Å². The fraction of sp³-hybridized carbons (Fsp3) is 0.364. The number of esters is 1. The molecular formula is C11H13NO6. The lowest BCUT2D eigenvalue weighted by molar-refractivity contribution is -0.384. The third-order valence-corrected chi connectivity index (χ3v) is 2.27. The Balaban J connectivity index is 2.80. The SMILES string of the molecule is CCOC(=O)[C@@H](O)[C@H](O)c1ccc([N+](=O)[O-])cc1. The monoisotopic (exact) mass is 255 g/mol. The van der Waals surface area contributed by atoms with Gasteiger partial charge in [0.2, 0.25) is 0 Å². The minimum absolute atomic E-state index is 0.0862. The molecule has 0 aromatic heterocycles. The van der Waals surface area contributed by atoms with Crippen molar-refractivity contribution in [2.75, 3.05) is 6.61 Å². The quantitative estimate of drug-likeness (QED) is 0.451. The number of non-ortho nitro benzene ring substituents is 1. The minimum atomic E-state index is -1.72. The minimum Gasteiger partial charge on any atom is -0.464 e. The molecule has 0 fully saturated rings. The van der Waals surface area contributed by atoms with Gasteiger partial charge >= 0.3 is 5.97 Å². The Morgan fingerprint density at radius 1 is 1.39 bits per heavy atom. The Labute approximate surface area is 103 Å². The first-order valence-electron chi connectivity index (χ1n) is 5.24. The first-order valence-corrected chi connectivity index (χ1v) is 5.24. The first-order chi connectivity index (χ1) is 8.47. The predicted octanol–water partition coefficient (Wildman–Crippen LogP) is 0.552. The number of carbonyl (C=O) groups is 1. The molecule has 98 valence electrons. The number of nitro benzene ring substituents is 1. The second kappa shape index (κ2) is 6.08. The zero-order chi connectivity index (χ0) is 13.7. The van der Waals surface area contributed by atoms with Gasteiger partial charge < -0.3 is 14.9 Å². The third-order valence-electron chi connectivity index (χ3n) is 2.27. The number of nitrogens with zero attached hydrogens (tertiary/aromatic N) is 1. The molecule has 7 nitrogen and oxygen atoms in total. The summed E-state index contributed by atoms with van der Waals surface area (Å²) in [6.45, 7) is 1.66. The van der Waals surface area contributed by atoms with Crippen molar-refractivity contribution >= 4 is 11.7 Å². The van der Waals surface area contributed by atoms with Crippen molar-refractivity contribution in [3.63, 3.8) is 0 Å². The van der Waals surface area contributed by atoms with Crippen molar-refractivity contribution in [2.45, 2.75) is 19.1 Å². The van der Waals surface area contributed by atoms with Crippen LogP contribution in [0.3, 0.4) is 0 Å². The van der Waals surface area contributed by atoms with Crippen LogP contribution in [0.2, 0.25) is 0 Å². The predicted molar refractivity (Wildman–Crippen MR) is 60.7 cm³/mol. The molecular weight excluding hydrogens is 242 g/mol. The summed E-state index contributed by atoms with van der Waals surface area (Å²) in [5.41, 5.74) is 0.0535. The highest BCUT2D eigenvalue weighted by molar-refractivity contribution is 5.75. The summed E-state index contributed by atoms with van der Waals surface area (Å²) in [5.74, 6) is -0.941. The lowest BCUT2D eigenvalue weighted by Gasteiger charge is -2.16. The van der Waals surface area contributed by atoms with E-state index in [9.17, 15) is 25.1 Å². The molecule has 0 unspecified atom stereocenters. The summed E-state index contributed by atoms with van der Waals surface area (Å²) in [6, 6.07) is 4.89. The Morgan fingerprint density at radius 2 is 1.94 bits per heavy atom. The van der Waals surface area contributed by atoms with Gasteiger partial charge in [0.15, 0.2) is 6.10 Å². The average molecular weight is 255 g/mol. The molecule has 0 amide bonds. The van der Waals surface area contributed by atoms with E-state index < -0.39 is 23.1 Å². The van der Waals surface area contributed by atoms with Crippen LogP contribution in [0.1, 0.15) is 18.6 Å². The van der Waals surface area contributed by atoms with Gasteiger partial charge in [-0.15, -0.1) is 0 Å². The van der Waals surface area contributed by atoms with Gasteiger partial charge in [0.1, 0.15) is 6.10 Å². The second-order valence-corrected chi connectivity index (χ2v) is 3.49. The molecule has 0 bridgehead atoms. The van der Waals surface area contributed by atoms with Crippen LogP contribution in [-0.2, 0) is 9.53 Å². The van der Waals surface area contributed by atoms with Crippen LogP contribution in [0.4, 0.5) is 5.69 Å². The molecule has 2 atom stereocenters. The number of aliphatic hydroxyl groups excluding tert-OH is 2. The smallest absolute Gasteiger partial charge is 0.338 e. The van der Waals surface area contributed by atoms with Crippen molar-refractivity contribution in [3.8, 4) is 0 Å². The lowest BCUT2D eigenvalue weighted by Crippen LogP contribution is -2.29. The fourth-order valence-electron chi connectivity index (χ4n) is 1.33. The highest BCUT2D eigenvalue weighted by Gasteiger charge is 2.27. The molecule has 0 saturated carbocycles. The van der Waals surface area contributed by atoms with E-state index in [1.54, 1.807) is 6.92 Å². The summed E-state index contributed by atoms with van der Waals surface area (Å²) in [4.78, 5) is 21.0. The van der Waals surface area contributed by atoms with Crippen LogP contribution < -0.4 is 0 Å². The molecule has 0 aliphatic rings. The molecule has 0 aliphatic carbocycles. The summed E-state index contributed by atoms with van der Waals surface area (Å²) < 4.78 is 4.55. The van der Waals surface area contributed by atoms with Gasteiger partial charge in [-0.2, -0.15) is 0 Å². The number of aliphatic hydroxyl groups is 2. The molecule has 0 spiro atoms. The number of hydrogen-bond acceptors (Lipinski definition) is 6. The van der Waals surface area contributed by atoms with Crippen molar-refractivity contribution < 1.29 is 24.7 Å². The van der Waals surface area contributed by atoms with Crippen LogP contribution in [0.15, 0.2) is 24.3 Å². The standard InChI is InChI=1S/C11H13NO6/c1-2-18-11(15)10(14)9(13)7-3-5-8(6-4-7)12(16)17/h3-6,9-10,13-14H,2H2,1H3/t9-,10+/m1/s1. The van der Waals surface area contributed by atoms with E-state index in [4.69, 9.17) is 0 Å². The molecule has 0 saturated heterocycles. The van der Waals surface area contributed by atoms with Crippen molar-refractivity contribution in [1.82, 2.24) is 0 Å². The lowest BCUT2D eigenvalue weighted by atomic mass is 10.0. The van der Waals surface area contributed by atoms with E-state index in [0.717, 1.165) is 0 Å².